The van der Waals surface area contributed by atoms with Crippen molar-refractivity contribution in [3.05, 3.63) is 75.2 Å². The van der Waals surface area contributed by atoms with Gasteiger partial charge in [0.2, 0.25) is 5.13 Å². The SMILES string of the molecule is CCOC(=O)Cc1csc(NN=Cc2cccc(OCc3cccc(Br)c3)c2)n1. The van der Waals surface area contributed by atoms with Crippen LogP contribution in [0.25, 0.3) is 0 Å². The third-order valence-electron chi connectivity index (χ3n) is 3.71. The zero-order valence-corrected chi connectivity index (χ0v) is 18.2. The minimum atomic E-state index is -0.285. The number of anilines is 1. The van der Waals surface area contributed by atoms with Gasteiger partial charge in [0.05, 0.1) is 24.9 Å². The molecule has 0 saturated heterocycles. The molecule has 29 heavy (non-hydrogen) atoms. The van der Waals surface area contributed by atoms with Gasteiger partial charge >= 0.3 is 5.97 Å². The van der Waals surface area contributed by atoms with E-state index < -0.39 is 0 Å². The second-order valence-corrected chi connectivity index (χ2v) is 7.76. The monoisotopic (exact) mass is 473 g/mol. The van der Waals surface area contributed by atoms with Gasteiger partial charge < -0.3 is 9.47 Å². The molecule has 150 valence electrons. The summed E-state index contributed by atoms with van der Waals surface area (Å²) in [7, 11) is 0. The molecule has 0 bridgehead atoms. The maximum atomic E-state index is 11.5. The molecular formula is C21H20BrN3O3S. The fourth-order valence-electron chi connectivity index (χ4n) is 2.44. The van der Waals surface area contributed by atoms with Crippen LogP contribution in [-0.4, -0.2) is 23.8 Å². The lowest BCUT2D eigenvalue weighted by Gasteiger charge is -2.07. The molecule has 0 aliphatic rings. The summed E-state index contributed by atoms with van der Waals surface area (Å²) in [4.78, 5) is 15.8. The first-order valence-corrected chi connectivity index (χ1v) is 10.7. The van der Waals surface area contributed by atoms with Crippen molar-refractivity contribution >= 4 is 44.6 Å². The number of hydrogen-bond acceptors (Lipinski definition) is 7. The summed E-state index contributed by atoms with van der Waals surface area (Å²) in [6.07, 6.45) is 1.85. The molecule has 8 heteroatoms. The van der Waals surface area contributed by atoms with Crippen LogP contribution in [0.3, 0.4) is 0 Å². The number of ether oxygens (including phenoxy) is 2. The Labute approximate surface area is 181 Å². The first-order chi connectivity index (χ1) is 14.1. The molecule has 1 heterocycles. The number of carbonyl (C=O) groups excluding carboxylic acids is 1. The number of rotatable bonds is 9. The van der Waals surface area contributed by atoms with Crippen LogP contribution in [0.2, 0.25) is 0 Å². The Morgan fingerprint density at radius 3 is 2.97 bits per heavy atom. The van der Waals surface area contributed by atoms with Crippen LogP contribution in [0.15, 0.2) is 63.5 Å². The number of carbonyl (C=O) groups is 1. The highest BCUT2D eigenvalue weighted by atomic mass is 79.9. The Morgan fingerprint density at radius 1 is 1.28 bits per heavy atom. The number of aromatic nitrogens is 1. The van der Waals surface area contributed by atoms with E-state index in [1.165, 1.54) is 11.3 Å². The summed E-state index contributed by atoms with van der Waals surface area (Å²) in [6.45, 7) is 2.63. The first-order valence-electron chi connectivity index (χ1n) is 8.99. The van der Waals surface area contributed by atoms with Crippen LogP contribution in [0.1, 0.15) is 23.7 Å². The van der Waals surface area contributed by atoms with Crippen molar-refractivity contribution < 1.29 is 14.3 Å². The molecule has 2 aromatic carbocycles. The lowest BCUT2D eigenvalue weighted by Crippen LogP contribution is -2.07. The van der Waals surface area contributed by atoms with Crippen molar-refractivity contribution in [1.29, 1.82) is 0 Å². The molecule has 3 rings (SSSR count). The molecule has 0 aliphatic heterocycles. The van der Waals surface area contributed by atoms with Gasteiger partial charge in [-0.05, 0) is 42.3 Å². The average Bonchev–Trinajstić information content (AvgIpc) is 3.14. The van der Waals surface area contributed by atoms with E-state index in [2.05, 4.69) is 31.4 Å². The summed E-state index contributed by atoms with van der Waals surface area (Å²) < 4.78 is 11.8. The van der Waals surface area contributed by atoms with E-state index >= 15 is 0 Å². The molecule has 1 aromatic heterocycles. The molecule has 0 radical (unpaired) electrons. The predicted octanol–water partition coefficient (Wildman–Crippen LogP) is 5.04. The van der Waals surface area contributed by atoms with Crippen molar-refractivity contribution in [2.45, 2.75) is 20.0 Å². The van der Waals surface area contributed by atoms with Crippen LogP contribution < -0.4 is 10.2 Å². The highest BCUT2D eigenvalue weighted by molar-refractivity contribution is 9.10. The summed E-state index contributed by atoms with van der Waals surface area (Å²) in [5.41, 5.74) is 5.52. The predicted molar refractivity (Wildman–Crippen MR) is 119 cm³/mol. The van der Waals surface area contributed by atoms with Gasteiger partial charge in [-0.15, -0.1) is 11.3 Å². The van der Waals surface area contributed by atoms with Crippen molar-refractivity contribution in [3.8, 4) is 5.75 Å². The zero-order chi connectivity index (χ0) is 20.5. The number of halogens is 1. The second kappa shape index (κ2) is 10.7. The Hall–Kier alpha value is -2.71. The molecule has 0 atom stereocenters. The third-order valence-corrected chi connectivity index (χ3v) is 5.00. The molecule has 6 nitrogen and oxygen atoms in total. The number of esters is 1. The largest absolute Gasteiger partial charge is 0.489 e. The van der Waals surface area contributed by atoms with E-state index in [1.807, 2.05) is 53.9 Å². The van der Waals surface area contributed by atoms with Gasteiger partial charge in [-0.25, -0.2) is 4.98 Å². The van der Waals surface area contributed by atoms with Gasteiger partial charge in [0.1, 0.15) is 12.4 Å². The van der Waals surface area contributed by atoms with Gasteiger partial charge in [-0.2, -0.15) is 5.10 Å². The molecule has 0 unspecified atom stereocenters. The molecule has 0 amide bonds. The lowest BCUT2D eigenvalue weighted by molar-refractivity contribution is -0.142. The van der Waals surface area contributed by atoms with Crippen LogP contribution in [0, 0.1) is 0 Å². The van der Waals surface area contributed by atoms with E-state index in [0.717, 1.165) is 21.3 Å². The van der Waals surface area contributed by atoms with Crippen molar-refractivity contribution in [2.75, 3.05) is 12.0 Å². The van der Waals surface area contributed by atoms with Gasteiger partial charge in [-0.3, -0.25) is 10.2 Å². The number of thiazole rings is 1. The average molecular weight is 474 g/mol. The number of hydrazone groups is 1. The molecule has 3 aromatic rings. The molecule has 0 fully saturated rings. The van der Waals surface area contributed by atoms with E-state index in [4.69, 9.17) is 9.47 Å². The van der Waals surface area contributed by atoms with Gasteiger partial charge in [0, 0.05) is 9.85 Å². The summed E-state index contributed by atoms with van der Waals surface area (Å²) in [6, 6.07) is 15.7. The van der Waals surface area contributed by atoms with E-state index in [-0.39, 0.29) is 12.4 Å². The minimum absolute atomic E-state index is 0.160. The fourth-order valence-corrected chi connectivity index (χ4v) is 3.55. The lowest BCUT2D eigenvalue weighted by atomic mass is 10.2. The smallest absolute Gasteiger partial charge is 0.311 e. The number of benzene rings is 2. The maximum Gasteiger partial charge on any atom is 0.311 e. The normalized spacial score (nSPS) is 10.8. The molecule has 0 saturated carbocycles. The topological polar surface area (TPSA) is 72.8 Å². The standard InChI is InChI=1S/C21H20BrN3O3S/c1-2-27-20(26)11-18-14-29-21(24-18)25-23-12-15-5-4-8-19(10-15)28-13-16-6-3-7-17(22)9-16/h3-10,12,14H,2,11,13H2,1H3,(H,24,25). The summed E-state index contributed by atoms with van der Waals surface area (Å²) in [5, 5.41) is 6.63. The molecular weight excluding hydrogens is 454 g/mol. The van der Waals surface area contributed by atoms with Crippen LogP contribution in [0.4, 0.5) is 5.13 Å². The van der Waals surface area contributed by atoms with Crippen molar-refractivity contribution in [3.63, 3.8) is 0 Å². The van der Waals surface area contributed by atoms with Gasteiger partial charge in [-0.1, -0.05) is 40.2 Å². The van der Waals surface area contributed by atoms with E-state index in [0.29, 0.717) is 24.0 Å². The van der Waals surface area contributed by atoms with Crippen LogP contribution in [0.5, 0.6) is 5.75 Å². The second-order valence-electron chi connectivity index (χ2n) is 5.99. The Balaban J connectivity index is 1.52. The highest BCUT2D eigenvalue weighted by Crippen LogP contribution is 2.18. The zero-order valence-electron chi connectivity index (χ0n) is 15.8. The maximum absolute atomic E-state index is 11.5. The molecule has 0 aliphatic carbocycles. The number of hydrogen-bond donors (Lipinski definition) is 1. The van der Waals surface area contributed by atoms with E-state index in [1.54, 1.807) is 13.1 Å². The number of nitrogens with zero attached hydrogens (tertiary/aromatic N) is 2. The highest BCUT2D eigenvalue weighted by Gasteiger charge is 2.07. The van der Waals surface area contributed by atoms with Crippen molar-refractivity contribution in [2.24, 2.45) is 5.10 Å². The van der Waals surface area contributed by atoms with Crippen molar-refractivity contribution in [1.82, 2.24) is 4.98 Å². The molecule has 0 spiro atoms. The first kappa shape index (κ1) is 21.0. The molecule has 1 N–H and O–H groups in total. The van der Waals surface area contributed by atoms with Crippen LogP contribution in [-0.2, 0) is 22.6 Å². The van der Waals surface area contributed by atoms with E-state index in [9.17, 15) is 4.79 Å². The Morgan fingerprint density at radius 2 is 2.14 bits per heavy atom. The van der Waals surface area contributed by atoms with Crippen LogP contribution >= 0.6 is 27.3 Å². The Bertz CT molecular complexity index is 991. The summed E-state index contributed by atoms with van der Waals surface area (Å²) in [5.74, 6) is 0.479. The quantitative estimate of drug-likeness (QED) is 0.267. The summed E-state index contributed by atoms with van der Waals surface area (Å²) >= 11 is 4.84. The number of nitrogens with one attached hydrogen (secondary N) is 1. The third kappa shape index (κ3) is 6.99. The minimum Gasteiger partial charge on any atom is -0.489 e. The fraction of sp³-hybridized carbons (Fsp3) is 0.190. The van der Waals surface area contributed by atoms with Gasteiger partial charge in [0.25, 0.3) is 0 Å². The Kier molecular flexibility index (Phi) is 7.77. The van der Waals surface area contributed by atoms with Gasteiger partial charge in [0.15, 0.2) is 0 Å².